The van der Waals surface area contributed by atoms with E-state index in [1.54, 1.807) is 30.6 Å². The number of carboxylic acids is 1. The molecular formula is C14H15N3O4. The molecule has 110 valence electrons. The minimum absolute atomic E-state index is 0.402. The summed E-state index contributed by atoms with van der Waals surface area (Å²) >= 11 is 0. The number of aliphatic carboxylic acids is 1. The monoisotopic (exact) mass is 289 g/mol. The van der Waals surface area contributed by atoms with E-state index in [1.165, 1.54) is 0 Å². The van der Waals surface area contributed by atoms with Crippen LogP contribution in [-0.2, 0) is 4.79 Å². The van der Waals surface area contributed by atoms with Crippen molar-refractivity contribution in [2.24, 2.45) is 0 Å². The van der Waals surface area contributed by atoms with Gasteiger partial charge >= 0.3 is 12.0 Å². The summed E-state index contributed by atoms with van der Waals surface area (Å²) in [6.07, 6.45) is 3.29. The van der Waals surface area contributed by atoms with Crippen LogP contribution in [0.5, 0.6) is 0 Å². The number of nitrogens with one attached hydrogen (secondary N) is 2. The largest absolute Gasteiger partial charge is 0.479 e. The zero-order chi connectivity index (χ0) is 15.5. The lowest BCUT2D eigenvalue weighted by Crippen LogP contribution is -2.47. The second-order valence-corrected chi connectivity index (χ2v) is 4.79. The Balaban J connectivity index is 2.07. The number of pyridine rings is 1. The fraction of sp³-hybridized carbons (Fsp3) is 0.214. The van der Waals surface area contributed by atoms with E-state index in [4.69, 9.17) is 5.11 Å². The molecule has 21 heavy (non-hydrogen) atoms. The summed E-state index contributed by atoms with van der Waals surface area (Å²) in [6, 6.07) is 6.52. The highest BCUT2D eigenvalue weighted by Crippen LogP contribution is 2.21. The molecule has 2 aromatic rings. The van der Waals surface area contributed by atoms with Crippen molar-refractivity contribution >= 4 is 28.5 Å². The van der Waals surface area contributed by atoms with Gasteiger partial charge in [-0.25, -0.2) is 9.59 Å². The summed E-state index contributed by atoms with van der Waals surface area (Å²) in [6.45, 7) is 0.708. The van der Waals surface area contributed by atoms with Gasteiger partial charge in [0.15, 0.2) is 5.60 Å². The Morgan fingerprint density at radius 3 is 2.81 bits per heavy atom. The number of carboxylic acid groups (broad SMARTS) is 1. The molecule has 0 radical (unpaired) electrons. The van der Waals surface area contributed by atoms with Crippen LogP contribution in [0.15, 0.2) is 36.7 Å². The summed E-state index contributed by atoms with van der Waals surface area (Å²) in [4.78, 5) is 26.5. The predicted molar refractivity (Wildman–Crippen MR) is 77.0 cm³/mol. The van der Waals surface area contributed by atoms with Gasteiger partial charge in [-0.1, -0.05) is 12.1 Å². The predicted octanol–water partition coefficient (Wildman–Crippen LogP) is 1.19. The Labute approximate surface area is 120 Å². The number of urea groups is 1. The van der Waals surface area contributed by atoms with Crippen molar-refractivity contribution in [1.82, 2.24) is 10.3 Å². The van der Waals surface area contributed by atoms with E-state index >= 15 is 0 Å². The van der Waals surface area contributed by atoms with Gasteiger partial charge in [0.25, 0.3) is 0 Å². The van der Waals surface area contributed by atoms with Gasteiger partial charge in [-0.05, 0) is 19.1 Å². The van der Waals surface area contributed by atoms with E-state index in [-0.39, 0.29) is 0 Å². The van der Waals surface area contributed by atoms with Crippen LogP contribution >= 0.6 is 0 Å². The molecule has 2 amide bonds. The lowest BCUT2D eigenvalue weighted by Gasteiger charge is -2.18. The van der Waals surface area contributed by atoms with Crippen molar-refractivity contribution in [3.63, 3.8) is 0 Å². The lowest BCUT2D eigenvalue weighted by atomic mass is 10.1. The van der Waals surface area contributed by atoms with E-state index in [1.807, 2.05) is 6.07 Å². The van der Waals surface area contributed by atoms with Crippen LogP contribution in [0.25, 0.3) is 10.8 Å². The molecule has 1 unspecified atom stereocenters. The highest BCUT2D eigenvalue weighted by atomic mass is 16.4. The molecule has 0 fully saturated rings. The number of aromatic nitrogens is 1. The number of anilines is 1. The quantitative estimate of drug-likeness (QED) is 0.675. The number of nitrogens with zero attached hydrogens (tertiary/aromatic N) is 1. The molecule has 4 N–H and O–H groups in total. The van der Waals surface area contributed by atoms with Gasteiger partial charge in [0.2, 0.25) is 0 Å². The summed E-state index contributed by atoms with van der Waals surface area (Å²) in [5.74, 6) is -1.40. The molecule has 0 saturated heterocycles. The molecule has 1 aromatic heterocycles. The van der Waals surface area contributed by atoms with Gasteiger partial charge in [0.05, 0.1) is 12.2 Å². The number of rotatable bonds is 4. The molecule has 2 rings (SSSR count). The molecule has 0 spiro atoms. The molecule has 0 aliphatic heterocycles. The molecule has 7 heteroatoms. The Kier molecular flexibility index (Phi) is 4.04. The number of benzene rings is 1. The number of aliphatic hydroxyl groups is 1. The number of carbonyl (C=O) groups is 2. The first kappa shape index (κ1) is 14.7. The second kappa shape index (κ2) is 5.76. The molecule has 7 nitrogen and oxygen atoms in total. The van der Waals surface area contributed by atoms with E-state index in [0.29, 0.717) is 5.69 Å². The molecule has 0 aliphatic carbocycles. The van der Waals surface area contributed by atoms with Crippen LogP contribution in [0.3, 0.4) is 0 Å². The molecule has 1 aromatic carbocycles. The average Bonchev–Trinajstić information content (AvgIpc) is 2.45. The summed E-state index contributed by atoms with van der Waals surface area (Å²) in [5.41, 5.74) is -1.44. The van der Waals surface area contributed by atoms with E-state index < -0.39 is 24.1 Å². The molecule has 0 bridgehead atoms. The van der Waals surface area contributed by atoms with Crippen molar-refractivity contribution in [3.05, 3.63) is 36.7 Å². The van der Waals surface area contributed by atoms with Crippen LogP contribution in [0.4, 0.5) is 10.5 Å². The number of hydrogen-bond acceptors (Lipinski definition) is 4. The van der Waals surface area contributed by atoms with Gasteiger partial charge in [0, 0.05) is 23.2 Å². The topological polar surface area (TPSA) is 112 Å². The minimum atomic E-state index is -2.01. The first-order valence-corrected chi connectivity index (χ1v) is 6.23. The van der Waals surface area contributed by atoms with Crippen molar-refractivity contribution in [2.45, 2.75) is 12.5 Å². The third kappa shape index (κ3) is 3.46. The number of carbonyl (C=O) groups excluding carboxylic acids is 1. The zero-order valence-electron chi connectivity index (χ0n) is 11.3. The molecule has 0 saturated carbocycles. The van der Waals surface area contributed by atoms with E-state index in [0.717, 1.165) is 17.7 Å². The van der Waals surface area contributed by atoms with Crippen molar-refractivity contribution < 1.29 is 19.8 Å². The second-order valence-electron chi connectivity index (χ2n) is 4.79. The molecular weight excluding hydrogens is 274 g/mol. The van der Waals surface area contributed by atoms with Crippen LogP contribution in [0, 0.1) is 0 Å². The number of fused-ring (bicyclic) bond motifs is 1. The fourth-order valence-electron chi connectivity index (χ4n) is 1.73. The van der Waals surface area contributed by atoms with E-state index in [9.17, 15) is 14.7 Å². The first-order chi connectivity index (χ1) is 9.90. The van der Waals surface area contributed by atoms with E-state index in [2.05, 4.69) is 15.6 Å². The van der Waals surface area contributed by atoms with Gasteiger partial charge < -0.3 is 20.8 Å². The average molecular weight is 289 g/mol. The molecule has 1 heterocycles. The van der Waals surface area contributed by atoms with Crippen LogP contribution in [0.2, 0.25) is 0 Å². The van der Waals surface area contributed by atoms with Crippen molar-refractivity contribution in [2.75, 3.05) is 11.9 Å². The van der Waals surface area contributed by atoms with Crippen molar-refractivity contribution in [3.8, 4) is 0 Å². The third-order valence-corrected chi connectivity index (χ3v) is 2.98. The minimum Gasteiger partial charge on any atom is -0.479 e. The number of amides is 2. The Morgan fingerprint density at radius 2 is 2.10 bits per heavy atom. The highest BCUT2D eigenvalue weighted by molar-refractivity contribution is 6.01. The summed E-state index contributed by atoms with van der Waals surface area (Å²) in [7, 11) is 0. The first-order valence-electron chi connectivity index (χ1n) is 6.23. The Hall–Kier alpha value is -2.67. The summed E-state index contributed by atoms with van der Waals surface area (Å²) in [5, 5.41) is 24.9. The molecule has 1 atom stereocenters. The Morgan fingerprint density at radius 1 is 1.33 bits per heavy atom. The maximum absolute atomic E-state index is 11.8. The standard InChI is InChI=1S/C14H15N3O4/c1-14(21,12(18)19)8-16-13(20)17-11-4-2-3-9-7-15-6-5-10(9)11/h2-7,21H,8H2,1H3,(H,18,19)(H2,16,17,20). The van der Waals surface area contributed by atoms with Gasteiger partial charge in [-0.2, -0.15) is 0 Å². The van der Waals surface area contributed by atoms with Gasteiger partial charge in [0.1, 0.15) is 0 Å². The molecule has 0 aliphatic rings. The zero-order valence-corrected chi connectivity index (χ0v) is 11.3. The normalized spacial score (nSPS) is 13.4. The van der Waals surface area contributed by atoms with Crippen LogP contribution in [0.1, 0.15) is 6.92 Å². The van der Waals surface area contributed by atoms with Gasteiger partial charge in [-0.15, -0.1) is 0 Å². The van der Waals surface area contributed by atoms with Crippen LogP contribution in [-0.4, -0.2) is 39.3 Å². The number of hydrogen-bond donors (Lipinski definition) is 4. The van der Waals surface area contributed by atoms with Crippen molar-refractivity contribution in [1.29, 1.82) is 0 Å². The fourth-order valence-corrected chi connectivity index (χ4v) is 1.73. The van der Waals surface area contributed by atoms with Gasteiger partial charge in [-0.3, -0.25) is 4.98 Å². The SMILES string of the molecule is CC(O)(CNC(=O)Nc1cccc2cnccc12)C(=O)O. The smallest absolute Gasteiger partial charge is 0.337 e. The lowest BCUT2D eigenvalue weighted by molar-refractivity contribution is -0.155. The maximum atomic E-state index is 11.8. The highest BCUT2D eigenvalue weighted by Gasteiger charge is 2.30. The Bertz CT molecular complexity index is 679. The maximum Gasteiger partial charge on any atom is 0.337 e. The summed E-state index contributed by atoms with van der Waals surface area (Å²) < 4.78 is 0. The van der Waals surface area contributed by atoms with Crippen LogP contribution < -0.4 is 10.6 Å². The third-order valence-electron chi connectivity index (χ3n) is 2.98.